The quantitative estimate of drug-likeness (QED) is 0.652. The Labute approximate surface area is 103 Å². The molecule has 1 heterocycles. The topological polar surface area (TPSA) is 95.1 Å². The fourth-order valence-corrected chi connectivity index (χ4v) is 1.67. The minimum atomic E-state index is -1.04. The van der Waals surface area contributed by atoms with Crippen LogP contribution < -0.4 is 5.32 Å². The van der Waals surface area contributed by atoms with Crippen LogP contribution >= 0.6 is 11.8 Å². The molecule has 0 aliphatic heterocycles. The smallest absolute Gasteiger partial charge is 0.326 e. The molecule has 1 atom stereocenters. The van der Waals surface area contributed by atoms with Crippen molar-refractivity contribution in [2.24, 2.45) is 0 Å². The molecule has 0 fully saturated rings. The molecule has 94 valence electrons. The number of carboxylic acids is 1. The Morgan fingerprint density at radius 2 is 2.41 bits per heavy atom. The third-order valence-corrected chi connectivity index (χ3v) is 2.76. The molecule has 6 nitrogen and oxygen atoms in total. The number of hydrogen-bond donors (Lipinski definition) is 3. The highest BCUT2D eigenvalue weighted by atomic mass is 32.2. The lowest BCUT2D eigenvalue weighted by atomic mass is 10.1. The second-order valence-corrected chi connectivity index (χ2v) is 4.47. The number of carbonyl (C=O) groups excluding carboxylic acids is 1. The van der Waals surface area contributed by atoms with Crippen molar-refractivity contribution in [1.29, 1.82) is 0 Å². The molecule has 1 aromatic rings. The number of aliphatic carboxylic acids is 1. The number of carboxylic acid groups (broad SMARTS) is 1. The number of nitrogens with zero attached hydrogens (tertiary/aromatic N) is 1. The van der Waals surface area contributed by atoms with Crippen molar-refractivity contribution < 1.29 is 14.7 Å². The standard InChI is InChI=1S/C10H15N3O3S/c1-17-3-2-9(14)13-8(10(15)16)4-7-5-11-6-12-7/h5-6,8H,2-4H2,1H3,(H,11,12)(H,13,14)(H,15,16). The van der Waals surface area contributed by atoms with E-state index in [9.17, 15) is 9.59 Å². The zero-order valence-corrected chi connectivity index (χ0v) is 10.3. The number of imidazole rings is 1. The predicted molar refractivity (Wildman–Crippen MR) is 64.9 cm³/mol. The summed E-state index contributed by atoms with van der Waals surface area (Å²) in [6.45, 7) is 0. The van der Waals surface area contributed by atoms with Gasteiger partial charge in [-0.05, 0) is 6.26 Å². The zero-order valence-electron chi connectivity index (χ0n) is 9.47. The number of aromatic amines is 1. The first kappa shape index (κ1) is 13.6. The summed E-state index contributed by atoms with van der Waals surface area (Å²) in [7, 11) is 0. The highest BCUT2D eigenvalue weighted by molar-refractivity contribution is 7.98. The maximum absolute atomic E-state index is 11.4. The molecule has 0 spiro atoms. The van der Waals surface area contributed by atoms with Crippen LogP contribution in [0.1, 0.15) is 12.1 Å². The number of H-pyrrole nitrogens is 1. The summed E-state index contributed by atoms with van der Waals surface area (Å²) < 4.78 is 0. The van der Waals surface area contributed by atoms with Crippen molar-refractivity contribution in [1.82, 2.24) is 15.3 Å². The SMILES string of the molecule is CSCCC(=O)NC(Cc1cnc[nH]1)C(=O)O. The summed E-state index contributed by atoms with van der Waals surface area (Å²) in [5.74, 6) is -0.606. The Kier molecular flexibility index (Phi) is 5.55. The van der Waals surface area contributed by atoms with Crippen molar-refractivity contribution in [2.45, 2.75) is 18.9 Å². The zero-order chi connectivity index (χ0) is 12.7. The van der Waals surface area contributed by atoms with Gasteiger partial charge < -0.3 is 15.4 Å². The second-order valence-electron chi connectivity index (χ2n) is 3.48. The molecule has 0 aliphatic carbocycles. The molecule has 1 rings (SSSR count). The fourth-order valence-electron chi connectivity index (χ4n) is 1.28. The Morgan fingerprint density at radius 3 is 2.94 bits per heavy atom. The van der Waals surface area contributed by atoms with Crippen molar-refractivity contribution in [2.75, 3.05) is 12.0 Å². The van der Waals surface area contributed by atoms with Crippen molar-refractivity contribution in [3.05, 3.63) is 18.2 Å². The first-order valence-corrected chi connectivity index (χ1v) is 6.51. The molecule has 1 unspecified atom stereocenters. The highest BCUT2D eigenvalue weighted by Gasteiger charge is 2.20. The van der Waals surface area contributed by atoms with Crippen LogP contribution in [0.5, 0.6) is 0 Å². The first-order valence-electron chi connectivity index (χ1n) is 5.12. The Balaban J connectivity index is 2.49. The third-order valence-electron chi connectivity index (χ3n) is 2.15. The Hall–Kier alpha value is -1.50. The lowest BCUT2D eigenvalue weighted by molar-refractivity contribution is -0.141. The van der Waals surface area contributed by atoms with E-state index in [0.717, 1.165) is 0 Å². The number of nitrogens with one attached hydrogen (secondary N) is 2. The average Bonchev–Trinajstić information content (AvgIpc) is 2.78. The molecule has 17 heavy (non-hydrogen) atoms. The van der Waals surface area contributed by atoms with Gasteiger partial charge in [-0.1, -0.05) is 0 Å². The summed E-state index contributed by atoms with van der Waals surface area (Å²) in [5, 5.41) is 11.5. The van der Waals surface area contributed by atoms with E-state index < -0.39 is 12.0 Å². The number of carbonyl (C=O) groups is 2. The maximum atomic E-state index is 11.4. The summed E-state index contributed by atoms with van der Waals surface area (Å²) in [6.07, 6.45) is 5.45. The van der Waals surface area contributed by atoms with Crippen molar-refractivity contribution >= 4 is 23.6 Å². The van der Waals surface area contributed by atoms with Crippen molar-refractivity contribution in [3.63, 3.8) is 0 Å². The summed E-state index contributed by atoms with van der Waals surface area (Å²) in [4.78, 5) is 29.0. The summed E-state index contributed by atoms with van der Waals surface area (Å²) >= 11 is 1.55. The molecule has 1 amide bonds. The first-order chi connectivity index (χ1) is 8.13. The molecule has 0 saturated heterocycles. The number of rotatable bonds is 7. The molecular weight excluding hydrogens is 242 g/mol. The van der Waals surface area contributed by atoms with Crippen LogP contribution in [0.4, 0.5) is 0 Å². The normalized spacial score (nSPS) is 12.1. The van der Waals surface area contributed by atoms with Crippen LogP contribution in [0, 0.1) is 0 Å². The monoisotopic (exact) mass is 257 g/mol. The van der Waals surface area contributed by atoms with E-state index in [0.29, 0.717) is 17.9 Å². The van der Waals surface area contributed by atoms with E-state index >= 15 is 0 Å². The van der Waals surface area contributed by atoms with Gasteiger partial charge in [0.1, 0.15) is 6.04 Å². The second kappa shape index (κ2) is 6.95. The Bertz CT molecular complexity index is 367. The van der Waals surface area contributed by atoms with E-state index in [1.807, 2.05) is 6.26 Å². The molecule has 0 aliphatic rings. The van der Waals surface area contributed by atoms with Gasteiger partial charge in [0.2, 0.25) is 5.91 Å². The van der Waals surface area contributed by atoms with Crippen LogP contribution in [-0.4, -0.2) is 45.0 Å². The lowest BCUT2D eigenvalue weighted by Crippen LogP contribution is -2.42. The van der Waals surface area contributed by atoms with Gasteiger partial charge in [-0.25, -0.2) is 9.78 Å². The van der Waals surface area contributed by atoms with Crippen LogP contribution in [0.3, 0.4) is 0 Å². The largest absolute Gasteiger partial charge is 0.480 e. The third kappa shape index (κ3) is 4.90. The van der Waals surface area contributed by atoms with E-state index in [2.05, 4.69) is 15.3 Å². The molecule has 0 radical (unpaired) electrons. The molecule has 1 aromatic heterocycles. The number of hydrogen-bond acceptors (Lipinski definition) is 4. The summed E-state index contributed by atoms with van der Waals surface area (Å²) in [5.41, 5.74) is 0.683. The minimum absolute atomic E-state index is 0.209. The lowest BCUT2D eigenvalue weighted by Gasteiger charge is -2.13. The molecule has 0 bridgehead atoms. The van der Waals surface area contributed by atoms with Gasteiger partial charge in [-0.2, -0.15) is 11.8 Å². The number of amides is 1. The van der Waals surface area contributed by atoms with Gasteiger partial charge in [-0.3, -0.25) is 4.79 Å². The minimum Gasteiger partial charge on any atom is -0.480 e. The van der Waals surface area contributed by atoms with E-state index in [-0.39, 0.29) is 12.3 Å². The van der Waals surface area contributed by atoms with Gasteiger partial charge in [-0.15, -0.1) is 0 Å². The van der Waals surface area contributed by atoms with E-state index in [4.69, 9.17) is 5.11 Å². The van der Waals surface area contributed by atoms with Crippen LogP contribution in [0.25, 0.3) is 0 Å². The number of thioether (sulfide) groups is 1. The molecular formula is C10H15N3O3S. The highest BCUT2D eigenvalue weighted by Crippen LogP contribution is 2.01. The average molecular weight is 257 g/mol. The molecule has 3 N–H and O–H groups in total. The van der Waals surface area contributed by atoms with Gasteiger partial charge in [0, 0.05) is 30.5 Å². The van der Waals surface area contributed by atoms with Gasteiger partial charge >= 0.3 is 5.97 Å². The number of aromatic nitrogens is 2. The molecule has 0 saturated carbocycles. The van der Waals surface area contributed by atoms with Gasteiger partial charge in [0.15, 0.2) is 0 Å². The fraction of sp³-hybridized carbons (Fsp3) is 0.500. The summed E-state index contributed by atoms with van der Waals surface area (Å²) in [6, 6.07) is -0.912. The van der Waals surface area contributed by atoms with Crippen LogP contribution in [0.15, 0.2) is 12.5 Å². The Morgan fingerprint density at radius 1 is 1.65 bits per heavy atom. The van der Waals surface area contributed by atoms with Gasteiger partial charge in [0.05, 0.1) is 6.33 Å². The molecule has 7 heteroatoms. The van der Waals surface area contributed by atoms with Crippen LogP contribution in [-0.2, 0) is 16.0 Å². The van der Waals surface area contributed by atoms with Gasteiger partial charge in [0.25, 0.3) is 0 Å². The molecule has 0 aromatic carbocycles. The maximum Gasteiger partial charge on any atom is 0.326 e. The van der Waals surface area contributed by atoms with E-state index in [1.165, 1.54) is 6.33 Å². The van der Waals surface area contributed by atoms with E-state index in [1.54, 1.807) is 18.0 Å². The van der Waals surface area contributed by atoms with Crippen molar-refractivity contribution in [3.8, 4) is 0 Å². The predicted octanol–water partition coefficient (Wildman–Crippen LogP) is 0.275. The van der Waals surface area contributed by atoms with Crippen LogP contribution in [0.2, 0.25) is 0 Å².